The van der Waals surface area contributed by atoms with Gasteiger partial charge in [-0.25, -0.2) is 0 Å². The molecule has 0 bridgehead atoms. The van der Waals surface area contributed by atoms with Crippen molar-refractivity contribution in [2.45, 2.75) is 45.6 Å². The highest BCUT2D eigenvalue weighted by Crippen LogP contribution is 2.31. The molecule has 0 saturated carbocycles. The SMILES string of the molecule is CCCN(CCC)C(CCC=N)c1ccccc1Cl. The average Bonchev–Trinajstić information content (AvgIpc) is 2.41. The van der Waals surface area contributed by atoms with Crippen molar-refractivity contribution in [3.63, 3.8) is 0 Å². The van der Waals surface area contributed by atoms with Gasteiger partial charge in [0.05, 0.1) is 0 Å². The van der Waals surface area contributed by atoms with E-state index in [9.17, 15) is 0 Å². The molecule has 1 atom stereocenters. The first-order chi connectivity index (χ1) is 9.24. The Kier molecular flexibility index (Phi) is 7.76. The Bertz CT molecular complexity index is 373. The van der Waals surface area contributed by atoms with Gasteiger partial charge in [0, 0.05) is 11.1 Å². The van der Waals surface area contributed by atoms with E-state index in [1.165, 1.54) is 11.8 Å². The first kappa shape index (κ1) is 16.2. The zero-order valence-electron chi connectivity index (χ0n) is 12.0. The lowest BCUT2D eigenvalue weighted by molar-refractivity contribution is 0.190. The van der Waals surface area contributed by atoms with Crippen LogP contribution in [0.5, 0.6) is 0 Å². The largest absolute Gasteiger partial charge is 0.313 e. The lowest BCUT2D eigenvalue weighted by atomic mass is 9.99. The number of nitrogens with zero attached hydrogens (tertiary/aromatic N) is 1. The van der Waals surface area contributed by atoms with Crippen LogP contribution in [0, 0.1) is 5.41 Å². The average molecular weight is 281 g/mol. The van der Waals surface area contributed by atoms with E-state index in [1.54, 1.807) is 0 Å². The summed E-state index contributed by atoms with van der Waals surface area (Å²) in [5.74, 6) is 0. The molecule has 0 aliphatic rings. The fourth-order valence-corrected chi connectivity index (χ4v) is 2.78. The number of halogens is 1. The van der Waals surface area contributed by atoms with Gasteiger partial charge in [0.15, 0.2) is 0 Å². The molecule has 0 aliphatic heterocycles. The molecule has 1 rings (SSSR count). The highest BCUT2D eigenvalue weighted by Gasteiger charge is 2.20. The fraction of sp³-hybridized carbons (Fsp3) is 0.562. The Hall–Kier alpha value is -0.860. The Morgan fingerprint density at radius 3 is 2.37 bits per heavy atom. The van der Waals surface area contributed by atoms with E-state index >= 15 is 0 Å². The molecule has 0 heterocycles. The van der Waals surface area contributed by atoms with Crippen LogP contribution in [0.1, 0.15) is 51.1 Å². The van der Waals surface area contributed by atoms with Crippen molar-refractivity contribution in [2.75, 3.05) is 13.1 Å². The molecule has 1 aromatic rings. The molecule has 1 N–H and O–H groups in total. The summed E-state index contributed by atoms with van der Waals surface area (Å²) in [7, 11) is 0. The van der Waals surface area contributed by atoms with Gasteiger partial charge >= 0.3 is 0 Å². The molecule has 0 radical (unpaired) electrons. The number of hydrogen-bond donors (Lipinski definition) is 1. The maximum absolute atomic E-state index is 7.28. The van der Waals surface area contributed by atoms with Crippen LogP contribution >= 0.6 is 11.6 Å². The van der Waals surface area contributed by atoms with E-state index in [2.05, 4.69) is 30.9 Å². The quantitative estimate of drug-likeness (QED) is 0.638. The van der Waals surface area contributed by atoms with Crippen LogP contribution in [-0.4, -0.2) is 24.2 Å². The Morgan fingerprint density at radius 2 is 1.84 bits per heavy atom. The van der Waals surface area contributed by atoms with Gasteiger partial charge in [0.1, 0.15) is 0 Å². The van der Waals surface area contributed by atoms with Gasteiger partial charge in [-0.15, -0.1) is 0 Å². The van der Waals surface area contributed by atoms with E-state index in [1.807, 2.05) is 12.1 Å². The molecule has 106 valence electrons. The van der Waals surface area contributed by atoms with Gasteiger partial charge < -0.3 is 5.41 Å². The standard InChI is InChI=1S/C16H25ClN2/c1-3-12-19(13-4-2)16(10-7-11-18)14-8-5-6-9-15(14)17/h5-6,8-9,11,16,18H,3-4,7,10,12-13H2,1-2H3. The minimum Gasteiger partial charge on any atom is -0.313 e. The van der Waals surface area contributed by atoms with Crippen molar-refractivity contribution in [3.05, 3.63) is 34.9 Å². The van der Waals surface area contributed by atoms with Gasteiger partial charge in [-0.3, -0.25) is 4.90 Å². The first-order valence-electron chi connectivity index (χ1n) is 7.22. The van der Waals surface area contributed by atoms with Gasteiger partial charge in [-0.2, -0.15) is 0 Å². The fourth-order valence-electron chi connectivity index (χ4n) is 2.52. The maximum Gasteiger partial charge on any atom is 0.0453 e. The van der Waals surface area contributed by atoms with Crippen LogP contribution in [0.15, 0.2) is 24.3 Å². The van der Waals surface area contributed by atoms with Crippen LogP contribution in [0.3, 0.4) is 0 Å². The lowest BCUT2D eigenvalue weighted by Gasteiger charge is -2.32. The summed E-state index contributed by atoms with van der Waals surface area (Å²) >= 11 is 6.36. The van der Waals surface area contributed by atoms with Crippen LogP contribution in [0.25, 0.3) is 0 Å². The first-order valence-corrected chi connectivity index (χ1v) is 7.59. The molecule has 0 amide bonds. The molecule has 0 spiro atoms. The Labute approximate surface area is 122 Å². The predicted molar refractivity (Wildman–Crippen MR) is 84.4 cm³/mol. The van der Waals surface area contributed by atoms with Gasteiger partial charge in [-0.1, -0.05) is 43.6 Å². The summed E-state index contributed by atoms with van der Waals surface area (Å²) in [4.78, 5) is 2.50. The van der Waals surface area contributed by atoms with Crippen LogP contribution < -0.4 is 0 Å². The van der Waals surface area contributed by atoms with E-state index in [0.717, 1.165) is 43.8 Å². The number of rotatable bonds is 9. The molecule has 19 heavy (non-hydrogen) atoms. The van der Waals surface area contributed by atoms with Crippen molar-refractivity contribution in [1.82, 2.24) is 4.90 Å². The van der Waals surface area contributed by atoms with Crippen molar-refractivity contribution in [3.8, 4) is 0 Å². The smallest absolute Gasteiger partial charge is 0.0453 e. The normalized spacial score (nSPS) is 12.6. The third-order valence-electron chi connectivity index (χ3n) is 3.31. The summed E-state index contributed by atoms with van der Waals surface area (Å²) in [5.41, 5.74) is 1.20. The van der Waals surface area contributed by atoms with Gasteiger partial charge in [0.25, 0.3) is 0 Å². The van der Waals surface area contributed by atoms with Crippen molar-refractivity contribution in [1.29, 1.82) is 5.41 Å². The summed E-state index contributed by atoms with van der Waals surface area (Å²) in [6.07, 6.45) is 5.56. The van der Waals surface area contributed by atoms with E-state index in [4.69, 9.17) is 17.0 Å². The second-order valence-corrected chi connectivity index (χ2v) is 5.26. The molecular formula is C16H25ClN2. The van der Waals surface area contributed by atoms with Gasteiger partial charge in [-0.05, 0) is 56.6 Å². The topological polar surface area (TPSA) is 27.1 Å². The van der Waals surface area contributed by atoms with Crippen molar-refractivity contribution >= 4 is 17.8 Å². The predicted octanol–water partition coefficient (Wildman–Crippen LogP) is 4.93. The van der Waals surface area contributed by atoms with E-state index in [0.29, 0.717) is 6.04 Å². The third-order valence-corrected chi connectivity index (χ3v) is 3.66. The minimum atomic E-state index is 0.329. The molecule has 0 saturated heterocycles. The highest BCUT2D eigenvalue weighted by atomic mass is 35.5. The van der Waals surface area contributed by atoms with Crippen molar-refractivity contribution in [2.24, 2.45) is 0 Å². The molecule has 0 fully saturated rings. The summed E-state index contributed by atoms with van der Waals surface area (Å²) in [6.45, 7) is 6.59. The second-order valence-electron chi connectivity index (χ2n) is 4.85. The molecule has 3 heteroatoms. The van der Waals surface area contributed by atoms with Crippen LogP contribution in [-0.2, 0) is 0 Å². The number of benzene rings is 1. The summed E-state index contributed by atoms with van der Waals surface area (Å²) in [5, 5.41) is 8.12. The Morgan fingerprint density at radius 1 is 1.21 bits per heavy atom. The monoisotopic (exact) mass is 280 g/mol. The summed E-state index contributed by atoms with van der Waals surface area (Å²) < 4.78 is 0. The second kappa shape index (κ2) is 9.11. The zero-order chi connectivity index (χ0) is 14.1. The third kappa shape index (κ3) is 4.96. The molecular weight excluding hydrogens is 256 g/mol. The van der Waals surface area contributed by atoms with Crippen LogP contribution in [0.2, 0.25) is 5.02 Å². The maximum atomic E-state index is 7.28. The van der Waals surface area contributed by atoms with Gasteiger partial charge in [0.2, 0.25) is 0 Å². The molecule has 0 aliphatic carbocycles. The lowest BCUT2D eigenvalue weighted by Crippen LogP contribution is -2.30. The molecule has 1 unspecified atom stereocenters. The minimum absolute atomic E-state index is 0.329. The van der Waals surface area contributed by atoms with Crippen LogP contribution in [0.4, 0.5) is 0 Å². The summed E-state index contributed by atoms with van der Waals surface area (Å²) in [6, 6.07) is 8.44. The molecule has 1 aromatic carbocycles. The molecule has 0 aromatic heterocycles. The highest BCUT2D eigenvalue weighted by molar-refractivity contribution is 6.31. The molecule has 2 nitrogen and oxygen atoms in total. The number of nitrogens with one attached hydrogen (secondary N) is 1. The van der Waals surface area contributed by atoms with Crippen molar-refractivity contribution < 1.29 is 0 Å². The van der Waals surface area contributed by atoms with E-state index < -0.39 is 0 Å². The Balaban J connectivity index is 2.97. The zero-order valence-corrected chi connectivity index (χ0v) is 12.8. The van der Waals surface area contributed by atoms with E-state index in [-0.39, 0.29) is 0 Å². The number of hydrogen-bond acceptors (Lipinski definition) is 2.